The molecule has 0 aliphatic heterocycles. The van der Waals surface area contributed by atoms with Crippen LogP contribution < -0.4 is 10.6 Å². The van der Waals surface area contributed by atoms with Crippen molar-refractivity contribution in [1.82, 2.24) is 10.6 Å². The lowest BCUT2D eigenvalue weighted by molar-refractivity contribution is 0.0953. The van der Waals surface area contributed by atoms with Crippen molar-refractivity contribution in [1.29, 1.82) is 0 Å². The highest BCUT2D eigenvalue weighted by molar-refractivity contribution is 5.94. The van der Waals surface area contributed by atoms with Crippen LogP contribution in [0, 0.1) is 12.7 Å². The van der Waals surface area contributed by atoms with E-state index in [0.29, 0.717) is 30.8 Å². The summed E-state index contributed by atoms with van der Waals surface area (Å²) in [6.07, 6.45) is 0. The molecule has 0 saturated carbocycles. The van der Waals surface area contributed by atoms with Crippen molar-refractivity contribution in [3.05, 3.63) is 35.1 Å². The van der Waals surface area contributed by atoms with E-state index in [0.717, 1.165) is 6.54 Å². The highest BCUT2D eigenvalue weighted by atomic mass is 19.1. The molecule has 0 aliphatic rings. The molecule has 1 aromatic rings. The normalized spacial score (nSPS) is 10.4. The fraction of sp³-hybridized carbons (Fsp3) is 0.462. The summed E-state index contributed by atoms with van der Waals surface area (Å²) in [5, 5.41) is 5.81. The molecule has 0 aliphatic carbocycles. The minimum absolute atomic E-state index is 0.262. The van der Waals surface area contributed by atoms with Crippen molar-refractivity contribution in [3.8, 4) is 0 Å². The monoisotopic (exact) mass is 254 g/mol. The summed E-state index contributed by atoms with van der Waals surface area (Å²) in [4.78, 5) is 11.7. The number of nitrogens with one attached hydrogen (secondary N) is 2. The fourth-order valence-electron chi connectivity index (χ4n) is 1.40. The summed E-state index contributed by atoms with van der Waals surface area (Å²) in [7, 11) is 1.63. The molecule has 1 aromatic carbocycles. The predicted octanol–water partition coefficient (Wildman–Crippen LogP) is 1.10. The lowest BCUT2D eigenvalue weighted by Gasteiger charge is -2.07. The van der Waals surface area contributed by atoms with Crippen molar-refractivity contribution in [2.24, 2.45) is 0 Å². The van der Waals surface area contributed by atoms with Crippen LogP contribution in [0.15, 0.2) is 18.2 Å². The molecule has 0 bridgehead atoms. The van der Waals surface area contributed by atoms with Crippen molar-refractivity contribution < 1.29 is 13.9 Å². The molecule has 0 fully saturated rings. The summed E-state index contributed by atoms with van der Waals surface area (Å²) in [6, 6.07) is 4.47. The number of methoxy groups -OCH3 is 1. The first-order valence-electron chi connectivity index (χ1n) is 5.89. The first-order valence-corrected chi connectivity index (χ1v) is 5.89. The average molecular weight is 254 g/mol. The first-order chi connectivity index (χ1) is 8.65. The molecule has 4 nitrogen and oxygen atoms in total. The third-order valence-electron chi connectivity index (χ3n) is 2.50. The van der Waals surface area contributed by atoms with Gasteiger partial charge in [0.15, 0.2) is 0 Å². The van der Waals surface area contributed by atoms with Gasteiger partial charge in [-0.2, -0.15) is 0 Å². The fourth-order valence-corrected chi connectivity index (χ4v) is 1.40. The van der Waals surface area contributed by atoms with Crippen LogP contribution in [0.4, 0.5) is 4.39 Å². The van der Waals surface area contributed by atoms with Gasteiger partial charge in [-0.25, -0.2) is 4.39 Å². The van der Waals surface area contributed by atoms with E-state index < -0.39 is 0 Å². The van der Waals surface area contributed by atoms with E-state index in [4.69, 9.17) is 4.74 Å². The molecule has 18 heavy (non-hydrogen) atoms. The number of carbonyl (C=O) groups excluding carboxylic acids is 1. The molecule has 0 radical (unpaired) electrons. The number of hydrogen-bond donors (Lipinski definition) is 2. The molecule has 0 atom stereocenters. The van der Waals surface area contributed by atoms with Gasteiger partial charge in [0.1, 0.15) is 5.82 Å². The number of hydrogen-bond acceptors (Lipinski definition) is 3. The lowest BCUT2D eigenvalue weighted by atomic mass is 10.1. The predicted molar refractivity (Wildman–Crippen MR) is 68.2 cm³/mol. The first kappa shape index (κ1) is 14.6. The Kier molecular flexibility index (Phi) is 6.32. The SMILES string of the molecule is COCCNCCNC(=O)c1ccc(C)c(F)c1. The van der Waals surface area contributed by atoms with Gasteiger partial charge in [-0.1, -0.05) is 6.07 Å². The third-order valence-corrected chi connectivity index (χ3v) is 2.50. The van der Waals surface area contributed by atoms with Gasteiger partial charge in [-0.3, -0.25) is 4.79 Å². The van der Waals surface area contributed by atoms with Crippen LogP contribution in [0.25, 0.3) is 0 Å². The van der Waals surface area contributed by atoms with E-state index in [9.17, 15) is 9.18 Å². The van der Waals surface area contributed by atoms with E-state index >= 15 is 0 Å². The molecule has 0 saturated heterocycles. The largest absolute Gasteiger partial charge is 0.383 e. The second-order valence-electron chi connectivity index (χ2n) is 3.96. The van der Waals surface area contributed by atoms with Crippen LogP contribution in [0.1, 0.15) is 15.9 Å². The Morgan fingerprint density at radius 1 is 1.33 bits per heavy atom. The zero-order valence-electron chi connectivity index (χ0n) is 10.8. The van der Waals surface area contributed by atoms with E-state index in [-0.39, 0.29) is 11.7 Å². The number of aryl methyl sites for hydroxylation is 1. The van der Waals surface area contributed by atoms with Crippen molar-refractivity contribution in [2.75, 3.05) is 33.4 Å². The van der Waals surface area contributed by atoms with E-state index in [2.05, 4.69) is 10.6 Å². The molecule has 1 rings (SSSR count). The minimum Gasteiger partial charge on any atom is -0.383 e. The van der Waals surface area contributed by atoms with Gasteiger partial charge in [0.2, 0.25) is 0 Å². The number of amides is 1. The average Bonchev–Trinajstić information content (AvgIpc) is 2.36. The molecule has 0 heterocycles. The van der Waals surface area contributed by atoms with Crippen LogP contribution in [0.3, 0.4) is 0 Å². The molecule has 2 N–H and O–H groups in total. The number of halogens is 1. The van der Waals surface area contributed by atoms with Gasteiger partial charge < -0.3 is 15.4 Å². The summed E-state index contributed by atoms with van der Waals surface area (Å²) in [6.45, 7) is 4.20. The van der Waals surface area contributed by atoms with Crippen LogP contribution >= 0.6 is 0 Å². The molecule has 0 spiro atoms. The maximum absolute atomic E-state index is 13.3. The second kappa shape index (κ2) is 7.79. The van der Waals surface area contributed by atoms with Crippen molar-refractivity contribution in [2.45, 2.75) is 6.92 Å². The van der Waals surface area contributed by atoms with E-state index in [1.54, 1.807) is 26.2 Å². The second-order valence-corrected chi connectivity index (χ2v) is 3.96. The van der Waals surface area contributed by atoms with Gasteiger partial charge in [0.25, 0.3) is 5.91 Å². The highest BCUT2D eigenvalue weighted by Crippen LogP contribution is 2.08. The Hall–Kier alpha value is -1.46. The molecule has 0 aromatic heterocycles. The number of carbonyl (C=O) groups is 1. The molecule has 5 heteroatoms. The maximum atomic E-state index is 13.3. The summed E-state index contributed by atoms with van der Waals surface area (Å²) in [5.74, 6) is -0.622. The van der Waals surface area contributed by atoms with Crippen LogP contribution in [-0.4, -0.2) is 39.3 Å². The Balaban J connectivity index is 2.30. The maximum Gasteiger partial charge on any atom is 0.251 e. The Labute approximate surface area is 107 Å². The van der Waals surface area contributed by atoms with E-state index in [1.165, 1.54) is 6.07 Å². The van der Waals surface area contributed by atoms with Gasteiger partial charge in [0, 0.05) is 32.3 Å². The lowest BCUT2D eigenvalue weighted by Crippen LogP contribution is -2.33. The Bertz CT molecular complexity index is 397. The third kappa shape index (κ3) is 4.81. The van der Waals surface area contributed by atoms with Crippen LogP contribution in [-0.2, 0) is 4.74 Å². The van der Waals surface area contributed by atoms with Crippen LogP contribution in [0.5, 0.6) is 0 Å². The zero-order valence-corrected chi connectivity index (χ0v) is 10.8. The Morgan fingerprint density at radius 3 is 2.78 bits per heavy atom. The number of benzene rings is 1. The van der Waals surface area contributed by atoms with Crippen LogP contribution in [0.2, 0.25) is 0 Å². The van der Waals surface area contributed by atoms with Gasteiger partial charge >= 0.3 is 0 Å². The molecular formula is C13H19FN2O2. The van der Waals surface area contributed by atoms with Gasteiger partial charge in [0.05, 0.1) is 6.61 Å². The van der Waals surface area contributed by atoms with Crippen molar-refractivity contribution >= 4 is 5.91 Å². The molecule has 0 unspecified atom stereocenters. The molecular weight excluding hydrogens is 235 g/mol. The highest BCUT2D eigenvalue weighted by Gasteiger charge is 2.06. The molecule has 100 valence electrons. The summed E-state index contributed by atoms with van der Waals surface area (Å²) in [5.41, 5.74) is 0.878. The number of rotatable bonds is 7. The summed E-state index contributed by atoms with van der Waals surface area (Å²) >= 11 is 0. The van der Waals surface area contributed by atoms with E-state index in [1.807, 2.05) is 0 Å². The number of ether oxygens (including phenoxy) is 1. The standard InChI is InChI=1S/C13H19FN2O2/c1-10-3-4-11(9-12(10)14)13(17)16-6-5-15-7-8-18-2/h3-4,9,15H,5-8H2,1-2H3,(H,16,17). The van der Waals surface area contributed by atoms with Crippen molar-refractivity contribution in [3.63, 3.8) is 0 Å². The zero-order chi connectivity index (χ0) is 13.4. The minimum atomic E-state index is -0.360. The smallest absolute Gasteiger partial charge is 0.251 e. The van der Waals surface area contributed by atoms with Gasteiger partial charge in [-0.05, 0) is 24.6 Å². The summed E-state index contributed by atoms with van der Waals surface area (Å²) < 4.78 is 18.1. The topological polar surface area (TPSA) is 50.4 Å². The Morgan fingerprint density at radius 2 is 2.11 bits per heavy atom. The quantitative estimate of drug-likeness (QED) is 0.716. The van der Waals surface area contributed by atoms with Gasteiger partial charge in [-0.15, -0.1) is 0 Å². The molecule has 1 amide bonds.